The third kappa shape index (κ3) is 7.11. The Morgan fingerprint density at radius 2 is 1.57 bits per heavy atom. The van der Waals surface area contributed by atoms with Crippen molar-refractivity contribution in [2.75, 3.05) is 0 Å². The van der Waals surface area contributed by atoms with Crippen LogP contribution in [0.2, 0.25) is 0 Å². The molecule has 0 aromatic heterocycles. The van der Waals surface area contributed by atoms with Crippen LogP contribution in [0.3, 0.4) is 0 Å². The van der Waals surface area contributed by atoms with Gasteiger partial charge in [-0.25, -0.2) is 4.79 Å². The molecule has 2 aromatic rings. The summed E-state index contributed by atoms with van der Waals surface area (Å²) in [6, 6.07) is 18.4. The van der Waals surface area contributed by atoms with Gasteiger partial charge >= 0.3 is 5.97 Å². The second-order valence-electron chi connectivity index (χ2n) is 6.62. The van der Waals surface area contributed by atoms with Gasteiger partial charge in [-0.3, -0.25) is 0 Å². The van der Waals surface area contributed by atoms with E-state index in [9.17, 15) is 9.90 Å². The summed E-state index contributed by atoms with van der Waals surface area (Å²) >= 11 is 0. The summed E-state index contributed by atoms with van der Waals surface area (Å²) in [5.41, 5.74) is -0.520. The van der Waals surface area contributed by atoms with Gasteiger partial charge < -0.3 is 20.8 Å². The van der Waals surface area contributed by atoms with Gasteiger partial charge in [0.1, 0.15) is 6.10 Å². The highest BCUT2D eigenvalue weighted by Gasteiger charge is 2.41. The maximum absolute atomic E-state index is 13.0. The van der Waals surface area contributed by atoms with Crippen molar-refractivity contribution in [1.29, 1.82) is 0 Å². The standard InChI is InChI=1S/C22H28BO3.2H2O/c1-3-5-8-17-20(4-2)26-21(24)22(25,18-13-9-6-10-14-18)23-19-15-11-7-12-16-19;;/h6-7,9-16,20,25H,3-5,8,17H2,1-2H3;2*1H2/t20?,22-;;/m1../s1. The second kappa shape index (κ2) is 13.1. The maximum atomic E-state index is 13.0. The molecule has 0 amide bonds. The van der Waals surface area contributed by atoms with Gasteiger partial charge in [0.15, 0.2) is 5.50 Å². The lowest BCUT2D eigenvalue weighted by molar-refractivity contribution is -0.164. The van der Waals surface area contributed by atoms with Gasteiger partial charge in [-0.15, -0.1) is 0 Å². The predicted molar refractivity (Wildman–Crippen MR) is 114 cm³/mol. The summed E-state index contributed by atoms with van der Waals surface area (Å²) in [5.74, 6) is -0.615. The lowest BCUT2D eigenvalue weighted by Crippen LogP contribution is -2.48. The van der Waals surface area contributed by atoms with Crippen molar-refractivity contribution in [2.45, 2.75) is 57.6 Å². The first-order valence-corrected chi connectivity index (χ1v) is 9.50. The molecule has 5 nitrogen and oxygen atoms in total. The van der Waals surface area contributed by atoms with Crippen molar-refractivity contribution >= 4 is 18.7 Å². The van der Waals surface area contributed by atoms with Crippen molar-refractivity contribution in [3.63, 3.8) is 0 Å². The fourth-order valence-corrected chi connectivity index (χ4v) is 2.95. The number of rotatable bonds is 10. The summed E-state index contributed by atoms with van der Waals surface area (Å²) in [7, 11) is 1.57. The van der Waals surface area contributed by atoms with Crippen LogP contribution in [0.4, 0.5) is 0 Å². The van der Waals surface area contributed by atoms with Crippen LogP contribution in [0.5, 0.6) is 0 Å². The molecule has 5 N–H and O–H groups in total. The molecule has 2 atom stereocenters. The minimum Gasteiger partial charge on any atom is -0.461 e. The van der Waals surface area contributed by atoms with Gasteiger partial charge in [0.25, 0.3) is 0 Å². The number of esters is 1. The largest absolute Gasteiger partial charge is 0.461 e. The monoisotopic (exact) mass is 387 g/mol. The van der Waals surface area contributed by atoms with E-state index < -0.39 is 11.5 Å². The summed E-state index contributed by atoms with van der Waals surface area (Å²) in [6.45, 7) is 4.16. The molecule has 0 heterocycles. The number of ether oxygens (including phenoxy) is 1. The van der Waals surface area contributed by atoms with E-state index in [-0.39, 0.29) is 17.1 Å². The molecular weight excluding hydrogens is 355 g/mol. The number of carbonyl (C=O) groups excluding carboxylic acids is 1. The molecule has 0 fully saturated rings. The number of hydrogen-bond donors (Lipinski definition) is 1. The van der Waals surface area contributed by atoms with E-state index in [0.717, 1.165) is 37.6 Å². The van der Waals surface area contributed by atoms with Gasteiger partial charge in [-0.1, -0.05) is 92.8 Å². The zero-order chi connectivity index (χ0) is 18.8. The molecule has 0 aliphatic heterocycles. The molecule has 1 radical (unpaired) electrons. The minimum atomic E-state index is -1.80. The molecule has 153 valence electrons. The number of aliphatic hydroxyl groups is 1. The maximum Gasteiger partial charge on any atom is 0.334 e. The van der Waals surface area contributed by atoms with Crippen LogP contribution in [0, 0.1) is 0 Å². The van der Waals surface area contributed by atoms with Gasteiger partial charge in [-0.05, 0) is 24.8 Å². The van der Waals surface area contributed by atoms with E-state index >= 15 is 0 Å². The van der Waals surface area contributed by atoms with Crippen molar-refractivity contribution in [2.24, 2.45) is 0 Å². The Morgan fingerprint density at radius 3 is 2.11 bits per heavy atom. The normalized spacial score (nSPS) is 13.2. The van der Waals surface area contributed by atoms with E-state index in [2.05, 4.69) is 6.92 Å². The zero-order valence-corrected chi connectivity index (χ0v) is 16.7. The fourth-order valence-electron chi connectivity index (χ4n) is 2.95. The first-order chi connectivity index (χ1) is 12.6. The van der Waals surface area contributed by atoms with Crippen molar-refractivity contribution in [3.05, 3.63) is 66.2 Å². The number of benzene rings is 2. The minimum absolute atomic E-state index is 0. The quantitative estimate of drug-likeness (QED) is 0.383. The average Bonchev–Trinajstić information content (AvgIpc) is 2.68. The van der Waals surface area contributed by atoms with Crippen LogP contribution in [-0.4, -0.2) is 35.4 Å². The van der Waals surface area contributed by atoms with Gasteiger partial charge in [-0.2, -0.15) is 0 Å². The Hall–Kier alpha value is -2.15. The highest BCUT2D eigenvalue weighted by molar-refractivity contribution is 6.60. The van der Waals surface area contributed by atoms with Crippen LogP contribution in [0.15, 0.2) is 60.7 Å². The van der Waals surface area contributed by atoms with E-state index in [1.54, 1.807) is 19.4 Å². The third-order valence-electron chi connectivity index (χ3n) is 4.56. The molecule has 0 bridgehead atoms. The summed E-state index contributed by atoms with van der Waals surface area (Å²) in [4.78, 5) is 13.0. The fraction of sp³-hybridized carbons (Fsp3) is 0.409. The van der Waals surface area contributed by atoms with Gasteiger partial charge in [0.2, 0.25) is 7.28 Å². The zero-order valence-electron chi connectivity index (χ0n) is 16.7. The number of unbranched alkanes of at least 4 members (excludes halogenated alkanes) is 2. The average molecular weight is 387 g/mol. The molecule has 28 heavy (non-hydrogen) atoms. The lowest BCUT2D eigenvalue weighted by atomic mass is 9.53. The van der Waals surface area contributed by atoms with E-state index in [0.29, 0.717) is 5.56 Å². The summed E-state index contributed by atoms with van der Waals surface area (Å²) < 4.78 is 5.72. The molecule has 0 saturated heterocycles. The molecule has 0 aliphatic rings. The topological polar surface area (TPSA) is 110 Å². The molecule has 2 rings (SSSR count). The van der Waals surface area contributed by atoms with Crippen LogP contribution >= 0.6 is 0 Å². The van der Waals surface area contributed by atoms with E-state index in [4.69, 9.17) is 4.74 Å². The van der Waals surface area contributed by atoms with Crippen molar-refractivity contribution in [3.8, 4) is 0 Å². The molecule has 6 heteroatoms. The Morgan fingerprint density at radius 1 is 1.00 bits per heavy atom. The van der Waals surface area contributed by atoms with E-state index in [1.807, 2.05) is 55.5 Å². The summed E-state index contributed by atoms with van der Waals surface area (Å²) in [6.07, 6.45) is 4.66. The Balaban J connectivity index is 0.00000364. The number of carbonyl (C=O) groups is 1. The highest BCUT2D eigenvalue weighted by atomic mass is 16.6. The first kappa shape index (κ1) is 25.9. The van der Waals surface area contributed by atoms with Crippen LogP contribution in [0.1, 0.15) is 51.5 Å². The third-order valence-corrected chi connectivity index (χ3v) is 4.56. The lowest BCUT2D eigenvalue weighted by Gasteiger charge is -2.29. The van der Waals surface area contributed by atoms with Crippen molar-refractivity contribution < 1.29 is 25.6 Å². The predicted octanol–water partition coefficient (Wildman–Crippen LogP) is 2.11. The molecule has 1 unspecified atom stereocenters. The van der Waals surface area contributed by atoms with Crippen LogP contribution in [-0.2, 0) is 15.0 Å². The highest BCUT2D eigenvalue weighted by Crippen LogP contribution is 2.24. The Bertz CT molecular complexity index is 665. The summed E-state index contributed by atoms with van der Waals surface area (Å²) in [5, 5.41) is 11.3. The van der Waals surface area contributed by atoms with Gasteiger partial charge in [0, 0.05) is 0 Å². The SMILES string of the molecule is CCCCCC(CC)OC(=O)[C@@](O)([B]c1ccccc1)c1ccccc1.O.O. The smallest absolute Gasteiger partial charge is 0.334 e. The number of hydrogen-bond acceptors (Lipinski definition) is 3. The molecular formula is C22H32BO5. The van der Waals surface area contributed by atoms with E-state index in [1.165, 1.54) is 0 Å². The first-order valence-electron chi connectivity index (χ1n) is 9.50. The molecule has 0 saturated carbocycles. The van der Waals surface area contributed by atoms with Crippen molar-refractivity contribution in [1.82, 2.24) is 0 Å². The molecule has 0 aliphatic carbocycles. The van der Waals surface area contributed by atoms with Crippen LogP contribution < -0.4 is 5.46 Å². The second-order valence-corrected chi connectivity index (χ2v) is 6.62. The molecule has 0 spiro atoms. The molecule has 2 aromatic carbocycles. The van der Waals surface area contributed by atoms with Crippen LogP contribution in [0.25, 0.3) is 0 Å². The van der Waals surface area contributed by atoms with Gasteiger partial charge in [0.05, 0.1) is 0 Å². The Kier molecular flexibility index (Phi) is 12.1. The Labute approximate surface area is 168 Å².